The first kappa shape index (κ1) is 19.2. The molecule has 9 nitrogen and oxygen atoms in total. The van der Waals surface area contributed by atoms with Crippen LogP contribution in [0, 0.1) is 16.0 Å². The third-order valence-corrected chi connectivity index (χ3v) is 5.04. The molecule has 10 heteroatoms. The van der Waals surface area contributed by atoms with Gasteiger partial charge in [0.1, 0.15) is 18.8 Å². The summed E-state index contributed by atoms with van der Waals surface area (Å²) < 4.78 is 10.7. The van der Waals surface area contributed by atoms with Crippen molar-refractivity contribution in [3.05, 3.63) is 27.8 Å². The van der Waals surface area contributed by atoms with Crippen molar-refractivity contribution in [2.24, 2.45) is 5.92 Å². The normalized spacial score (nSPS) is 21.1. The monoisotopic (exact) mass is 394 g/mol. The van der Waals surface area contributed by atoms with Gasteiger partial charge in [0.05, 0.1) is 11.0 Å². The number of carbonyl (C=O) groups is 1. The van der Waals surface area contributed by atoms with Crippen LogP contribution in [-0.2, 0) is 0 Å². The first-order chi connectivity index (χ1) is 13.0. The van der Waals surface area contributed by atoms with Crippen molar-refractivity contribution in [2.45, 2.75) is 38.6 Å². The van der Waals surface area contributed by atoms with Crippen molar-refractivity contribution in [1.82, 2.24) is 16.2 Å². The van der Waals surface area contributed by atoms with Crippen LogP contribution in [0.4, 0.5) is 5.69 Å². The standard InChI is InChI=1S/C17H22N4O5S/c1-10-4-2-3-5-12(10)18-17(27)20-19-16(22)11-8-14-15(26-7-6-25-14)9-13(11)21(23)24/h8-10,12H,2-7H2,1H3,(H,19,22)(H2,18,20,27). The minimum absolute atomic E-state index is 0.134. The summed E-state index contributed by atoms with van der Waals surface area (Å²) in [5.74, 6) is 0.363. The number of ether oxygens (including phenoxy) is 2. The fourth-order valence-electron chi connectivity index (χ4n) is 3.33. The molecule has 1 amide bonds. The number of hydrazine groups is 1. The molecule has 0 saturated heterocycles. The minimum atomic E-state index is -0.681. The molecule has 1 aliphatic heterocycles. The molecule has 0 radical (unpaired) electrons. The van der Waals surface area contributed by atoms with Crippen LogP contribution in [0.5, 0.6) is 11.5 Å². The number of nitro benzene ring substituents is 1. The second-order valence-corrected chi connectivity index (χ2v) is 7.10. The molecule has 1 aromatic carbocycles. The largest absolute Gasteiger partial charge is 0.486 e. The number of hydrogen-bond acceptors (Lipinski definition) is 6. The molecule has 1 saturated carbocycles. The molecule has 1 aromatic rings. The number of nitrogens with zero attached hydrogens (tertiary/aromatic N) is 1. The summed E-state index contributed by atoms with van der Waals surface area (Å²) in [6, 6.07) is 2.76. The topological polar surface area (TPSA) is 115 Å². The number of thiocarbonyl (C=S) groups is 1. The molecule has 1 aliphatic carbocycles. The van der Waals surface area contributed by atoms with Crippen LogP contribution >= 0.6 is 12.2 Å². The average molecular weight is 394 g/mol. The lowest BCUT2D eigenvalue weighted by molar-refractivity contribution is -0.385. The van der Waals surface area contributed by atoms with E-state index in [9.17, 15) is 14.9 Å². The molecule has 27 heavy (non-hydrogen) atoms. The molecule has 3 rings (SSSR count). The van der Waals surface area contributed by atoms with E-state index in [0.717, 1.165) is 19.3 Å². The predicted octanol–water partition coefficient (Wildman–Crippen LogP) is 2.05. The molecule has 146 valence electrons. The number of fused-ring (bicyclic) bond motifs is 1. The highest BCUT2D eigenvalue weighted by atomic mass is 32.1. The summed E-state index contributed by atoms with van der Waals surface area (Å²) in [5.41, 5.74) is 4.54. The second-order valence-electron chi connectivity index (χ2n) is 6.69. The zero-order valence-corrected chi connectivity index (χ0v) is 15.8. The molecule has 1 fully saturated rings. The van der Waals surface area contributed by atoms with Gasteiger partial charge in [-0.25, -0.2) is 0 Å². The molecule has 0 bridgehead atoms. The number of rotatable bonds is 3. The van der Waals surface area contributed by atoms with Crippen LogP contribution < -0.4 is 25.6 Å². The highest BCUT2D eigenvalue weighted by molar-refractivity contribution is 7.80. The van der Waals surface area contributed by atoms with Crippen molar-refractivity contribution in [3.63, 3.8) is 0 Å². The lowest BCUT2D eigenvalue weighted by Crippen LogP contribution is -2.51. The lowest BCUT2D eigenvalue weighted by Gasteiger charge is -2.30. The van der Waals surface area contributed by atoms with E-state index >= 15 is 0 Å². The van der Waals surface area contributed by atoms with E-state index in [1.165, 1.54) is 18.6 Å². The summed E-state index contributed by atoms with van der Waals surface area (Å²) in [5, 5.41) is 14.8. The van der Waals surface area contributed by atoms with Gasteiger partial charge in [-0.1, -0.05) is 19.8 Å². The molecular formula is C17H22N4O5S. The molecule has 3 N–H and O–H groups in total. The van der Waals surface area contributed by atoms with Gasteiger partial charge in [0.25, 0.3) is 11.6 Å². The van der Waals surface area contributed by atoms with Gasteiger partial charge in [0.15, 0.2) is 16.6 Å². The Labute approximate surface area is 161 Å². The molecule has 0 aromatic heterocycles. The Balaban J connectivity index is 1.65. The highest BCUT2D eigenvalue weighted by Crippen LogP contribution is 2.36. The highest BCUT2D eigenvalue weighted by Gasteiger charge is 2.27. The third kappa shape index (κ3) is 4.57. The van der Waals surface area contributed by atoms with E-state index in [0.29, 0.717) is 24.9 Å². The number of hydrogen-bond donors (Lipinski definition) is 3. The zero-order valence-electron chi connectivity index (χ0n) is 14.9. The van der Waals surface area contributed by atoms with Gasteiger partial charge in [-0.2, -0.15) is 0 Å². The number of amides is 1. The van der Waals surface area contributed by atoms with Crippen molar-refractivity contribution < 1.29 is 19.2 Å². The van der Waals surface area contributed by atoms with E-state index in [1.54, 1.807) is 0 Å². The number of benzene rings is 1. The molecule has 2 atom stereocenters. The van der Waals surface area contributed by atoms with Crippen molar-refractivity contribution in [3.8, 4) is 11.5 Å². The smallest absolute Gasteiger partial charge is 0.286 e. The number of nitro groups is 1. The Morgan fingerprint density at radius 1 is 1.19 bits per heavy atom. The lowest BCUT2D eigenvalue weighted by atomic mass is 9.86. The SMILES string of the molecule is CC1CCCCC1NC(=S)NNC(=O)c1cc2c(cc1[N+](=O)[O-])OCCO2. The summed E-state index contributed by atoms with van der Waals surface area (Å²) >= 11 is 5.22. The van der Waals surface area contributed by atoms with Gasteiger partial charge in [-0.15, -0.1) is 0 Å². The van der Waals surface area contributed by atoms with Crippen LogP contribution in [0.3, 0.4) is 0 Å². The van der Waals surface area contributed by atoms with E-state index < -0.39 is 10.8 Å². The Morgan fingerprint density at radius 2 is 1.85 bits per heavy atom. The van der Waals surface area contributed by atoms with Crippen molar-refractivity contribution >= 4 is 28.9 Å². The van der Waals surface area contributed by atoms with Gasteiger partial charge < -0.3 is 14.8 Å². The molecular weight excluding hydrogens is 372 g/mol. The maximum absolute atomic E-state index is 12.5. The van der Waals surface area contributed by atoms with Crippen LogP contribution in [0.25, 0.3) is 0 Å². The first-order valence-electron chi connectivity index (χ1n) is 8.90. The average Bonchev–Trinajstić information content (AvgIpc) is 2.66. The van der Waals surface area contributed by atoms with Gasteiger partial charge in [-0.3, -0.25) is 25.8 Å². The Kier molecular flexibility index (Phi) is 5.94. The van der Waals surface area contributed by atoms with Gasteiger partial charge in [-0.05, 0) is 31.0 Å². The number of carbonyl (C=O) groups excluding carboxylic acids is 1. The van der Waals surface area contributed by atoms with Crippen molar-refractivity contribution in [1.29, 1.82) is 0 Å². The Bertz CT molecular complexity index is 757. The van der Waals surface area contributed by atoms with Crippen molar-refractivity contribution in [2.75, 3.05) is 13.2 Å². The fourth-order valence-corrected chi connectivity index (χ4v) is 3.53. The van der Waals surface area contributed by atoms with Crippen LogP contribution in [0.2, 0.25) is 0 Å². The molecule has 2 unspecified atom stereocenters. The Morgan fingerprint density at radius 3 is 2.52 bits per heavy atom. The summed E-state index contributed by atoms with van der Waals surface area (Å²) in [6.45, 7) is 2.78. The van der Waals surface area contributed by atoms with E-state index in [1.807, 2.05) is 0 Å². The Hall–Kier alpha value is -2.62. The van der Waals surface area contributed by atoms with E-state index in [-0.39, 0.29) is 28.2 Å². The molecule has 2 aliphatic rings. The second kappa shape index (κ2) is 8.38. The summed E-state index contributed by atoms with van der Waals surface area (Å²) in [6.07, 6.45) is 4.50. The van der Waals surface area contributed by atoms with E-state index in [2.05, 4.69) is 23.1 Å². The quantitative estimate of drug-likeness (QED) is 0.405. The van der Waals surface area contributed by atoms with Gasteiger partial charge >= 0.3 is 0 Å². The van der Waals surface area contributed by atoms with Gasteiger partial charge in [0.2, 0.25) is 0 Å². The predicted molar refractivity (Wildman–Crippen MR) is 102 cm³/mol. The number of nitrogens with one attached hydrogen (secondary N) is 3. The third-order valence-electron chi connectivity index (χ3n) is 4.82. The minimum Gasteiger partial charge on any atom is -0.486 e. The molecule has 1 heterocycles. The van der Waals surface area contributed by atoms with Crippen LogP contribution in [0.1, 0.15) is 43.0 Å². The first-order valence-corrected chi connectivity index (χ1v) is 9.31. The van der Waals surface area contributed by atoms with Crippen LogP contribution in [0.15, 0.2) is 12.1 Å². The summed E-state index contributed by atoms with van der Waals surface area (Å²) in [7, 11) is 0. The van der Waals surface area contributed by atoms with E-state index in [4.69, 9.17) is 21.7 Å². The maximum Gasteiger partial charge on any atom is 0.286 e. The molecule has 0 spiro atoms. The van der Waals surface area contributed by atoms with Gasteiger partial charge in [0, 0.05) is 12.1 Å². The summed E-state index contributed by atoms with van der Waals surface area (Å²) in [4.78, 5) is 23.1. The fraction of sp³-hybridized carbons (Fsp3) is 0.529. The maximum atomic E-state index is 12.5. The zero-order chi connectivity index (χ0) is 19.4. The van der Waals surface area contributed by atoms with Crippen LogP contribution in [-0.4, -0.2) is 35.2 Å².